The van der Waals surface area contributed by atoms with Gasteiger partial charge in [-0.25, -0.2) is 9.07 Å². The molecule has 4 nitrogen and oxygen atoms in total. The summed E-state index contributed by atoms with van der Waals surface area (Å²) in [5.74, 6) is 0.728. The van der Waals surface area contributed by atoms with E-state index in [-0.39, 0.29) is 5.82 Å². The Morgan fingerprint density at radius 3 is 2.71 bits per heavy atom. The van der Waals surface area contributed by atoms with Gasteiger partial charge in [0.2, 0.25) is 0 Å². The first-order valence-electron chi connectivity index (χ1n) is 6.13. The van der Waals surface area contributed by atoms with Gasteiger partial charge in [-0.05, 0) is 30.3 Å². The molecule has 1 aromatic carbocycles. The van der Waals surface area contributed by atoms with Gasteiger partial charge in [0.05, 0.1) is 0 Å². The summed E-state index contributed by atoms with van der Waals surface area (Å²) in [7, 11) is 0. The number of halogens is 2. The van der Waals surface area contributed by atoms with E-state index in [1.165, 1.54) is 17.8 Å². The number of aromatic nitrogens is 4. The molecule has 3 aromatic rings. The summed E-state index contributed by atoms with van der Waals surface area (Å²) in [4.78, 5) is 0. The van der Waals surface area contributed by atoms with E-state index in [0.717, 1.165) is 0 Å². The Kier molecular flexibility index (Phi) is 4.17. The SMILES string of the molecule is Fc1cccc(Cl)c1CSc1ccc(-n2cccn2)nn1. The third-order valence-corrected chi connectivity index (χ3v) is 4.09. The normalized spacial score (nSPS) is 10.8. The lowest BCUT2D eigenvalue weighted by atomic mass is 10.2. The van der Waals surface area contributed by atoms with E-state index in [2.05, 4.69) is 15.3 Å². The fourth-order valence-corrected chi connectivity index (χ4v) is 2.89. The monoisotopic (exact) mass is 320 g/mol. The Balaban J connectivity index is 1.71. The van der Waals surface area contributed by atoms with Crippen molar-refractivity contribution < 1.29 is 4.39 Å². The van der Waals surface area contributed by atoms with Crippen molar-refractivity contribution >= 4 is 23.4 Å². The Morgan fingerprint density at radius 2 is 2.05 bits per heavy atom. The molecule has 0 N–H and O–H groups in total. The molecule has 0 aliphatic carbocycles. The Morgan fingerprint density at radius 1 is 1.14 bits per heavy atom. The molecule has 0 spiro atoms. The highest BCUT2D eigenvalue weighted by Gasteiger charge is 2.08. The molecule has 0 unspecified atom stereocenters. The maximum absolute atomic E-state index is 13.7. The zero-order valence-electron chi connectivity index (χ0n) is 10.8. The minimum atomic E-state index is -0.309. The maximum atomic E-state index is 13.7. The fraction of sp³-hybridized carbons (Fsp3) is 0.0714. The number of hydrogen-bond donors (Lipinski definition) is 0. The molecule has 0 bridgehead atoms. The van der Waals surface area contributed by atoms with E-state index in [1.807, 2.05) is 18.2 Å². The summed E-state index contributed by atoms with van der Waals surface area (Å²) in [6, 6.07) is 10.1. The van der Waals surface area contributed by atoms with Crippen LogP contribution in [0, 0.1) is 5.82 Å². The summed E-state index contributed by atoms with van der Waals surface area (Å²) in [5, 5.41) is 13.4. The second-order valence-corrected chi connectivity index (χ2v) is 5.57. The Hall–Kier alpha value is -1.92. The van der Waals surface area contributed by atoms with Crippen LogP contribution in [0.5, 0.6) is 0 Å². The fourth-order valence-electron chi connectivity index (χ4n) is 1.73. The van der Waals surface area contributed by atoms with Crippen LogP contribution in [0.4, 0.5) is 4.39 Å². The van der Waals surface area contributed by atoms with Crippen molar-refractivity contribution in [3.63, 3.8) is 0 Å². The number of benzene rings is 1. The summed E-state index contributed by atoms with van der Waals surface area (Å²) in [5.41, 5.74) is 0.474. The molecule has 2 aromatic heterocycles. The van der Waals surface area contributed by atoms with E-state index in [1.54, 1.807) is 29.2 Å². The van der Waals surface area contributed by atoms with E-state index < -0.39 is 0 Å². The molecule has 0 amide bonds. The largest absolute Gasteiger partial charge is 0.221 e. The van der Waals surface area contributed by atoms with Crippen molar-refractivity contribution in [1.82, 2.24) is 20.0 Å². The Labute approximate surface area is 130 Å². The third kappa shape index (κ3) is 3.22. The lowest BCUT2D eigenvalue weighted by Gasteiger charge is -2.05. The van der Waals surface area contributed by atoms with E-state index in [4.69, 9.17) is 11.6 Å². The van der Waals surface area contributed by atoms with Crippen LogP contribution in [0.25, 0.3) is 5.82 Å². The second-order valence-electron chi connectivity index (χ2n) is 4.17. The van der Waals surface area contributed by atoms with E-state index in [0.29, 0.717) is 27.2 Å². The molecule has 0 atom stereocenters. The van der Waals surface area contributed by atoms with Crippen LogP contribution < -0.4 is 0 Å². The van der Waals surface area contributed by atoms with Gasteiger partial charge in [0.15, 0.2) is 5.82 Å². The van der Waals surface area contributed by atoms with Gasteiger partial charge in [0.25, 0.3) is 0 Å². The standard InChI is InChI=1S/C14H10ClFN4S/c15-11-3-1-4-12(16)10(11)9-21-14-6-5-13(18-19-14)20-8-2-7-17-20/h1-8H,9H2. The minimum Gasteiger partial charge on any atom is -0.221 e. The lowest BCUT2D eigenvalue weighted by Crippen LogP contribution is -1.99. The van der Waals surface area contributed by atoms with Crippen LogP contribution in [-0.2, 0) is 5.75 Å². The Bertz CT molecular complexity index is 711. The van der Waals surface area contributed by atoms with Gasteiger partial charge >= 0.3 is 0 Å². The van der Waals surface area contributed by atoms with Gasteiger partial charge in [-0.3, -0.25) is 0 Å². The van der Waals surface area contributed by atoms with Crippen LogP contribution in [-0.4, -0.2) is 20.0 Å². The highest BCUT2D eigenvalue weighted by molar-refractivity contribution is 7.98. The zero-order valence-corrected chi connectivity index (χ0v) is 12.4. The molecule has 0 aliphatic heterocycles. The molecule has 2 heterocycles. The molecule has 0 fully saturated rings. The highest BCUT2D eigenvalue weighted by Crippen LogP contribution is 2.27. The molecule has 0 saturated heterocycles. The van der Waals surface area contributed by atoms with Crippen LogP contribution in [0.1, 0.15) is 5.56 Å². The van der Waals surface area contributed by atoms with E-state index >= 15 is 0 Å². The van der Waals surface area contributed by atoms with E-state index in [9.17, 15) is 4.39 Å². The van der Waals surface area contributed by atoms with Crippen LogP contribution in [0.3, 0.4) is 0 Å². The molecule has 21 heavy (non-hydrogen) atoms. The smallest absolute Gasteiger partial charge is 0.175 e. The van der Waals surface area contributed by atoms with Gasteiger partial charge in [-0.15, -0.1) is 10.2 Å². The first kappa shape index (κ1) is 14.0. The molecule has 106 valence electrons. The van der Waals surface area contributed by atoms with Crippen molar-refractivity contribution in [2.45, 2.75) is 10.8 Å². The quantitative estimate of drug-likeness (QED) is 0.687. The second kappa shape index (κ2) is 6.24. The molecular formula is C14H10ClFN4S. The molecule has 3 rings (SSSR count). The zero-order chi connectivity index (χ0) is 14.7. The number of hydrogen-bond acceptors (Lipinski definition) is 4. The first-order valence-corrected chi connectivity index (χ1v) is 7.50. The average molecular weight is 321 g/mol. The maximum Gasteiger partial charge on any atom is 0.175 e. The van der Waals surface area contributed by atoms with Gasteiger partial charge < -0.3 is 0 Å². The van der Waals surface area contributed by atoms with Crippen molar-refractivity contribution in [3.8, 4) is 5.82 Å². The molecule has 0 aliphatic rings. The van der Waals surface area contributed by atoms with Crippen molar-refractivity contribution in [2.75, 3.05) is 0 Å². The summed E-state index contributed by atoms with van der Waals surface area (Å²) in [6.07, 6.45) is 3.46. The van der Waals surface area contributed by atoms with Crippen LogP contribution >= 0.6 is 23.4 Å². The molecule has 7 heteroatoms. The summed E-state index contributed by atoms with van der Waals surface area (Å²) < 4.78 is 15.3. The molecule has 0 radical (unpaired) electrons. The van der Waals surface area contributed by atoms with Crippen LogP contribution in [0.2, 0.25) is 5.02 Å². The first-order chi connectivity index (χ1) is 10.2. The average Bonchev–Trinajstić information content (AvgIpc) is 3.02. The van der Waals surface area contributed by atoms with Gasteiger partial charge in [-0.2, -0.15) is 5.10 Å². The topological polar surface area (TPSA) is 43.6 Å². The minimum absolute atomic E-state index is 0.309. The molecule has 0 saturated carbocycles. The number of thioether (sulfide) groups is 1. The number of nitrogens with zero attached hydrogens (tertiary/aromatic N) is 4. The number of rotatable bonds is 4. The molecular weight excluding hydrogens is 311 g/mol. The van der Waals surface area contributed by atoms with Gasteiger partial charge in [0.1, 0.15) is 10.8 Å². The van der Waals surface area contributed by atoms with Crippen LogP contribution in [0.15, 0.2) is 53.8 Å². The summed E-state index contributed by atoms with van der Waals surface area (Å²) >= 11 is 7.37. The van der Waals surface area contributed by atoms with Gasteiger partial charge in [-0.1, -0.05) is 29.4 Å². The van der Waals surface area contributed by atoms with Crippen molar-refractivity contribution in [1.29, 1.82) is 0 Å². The van der Waals surface area contributed by atoms with Gasteiger partial charge in [0, 0.05) is 28.7 Å². The summed E-state index contributed by atoms with van der Waals surface area (Å²) in [6.45, 7) is 0. The third-order valence-electron chi connectivity index (χ3n) is 2.79. The van der Waals surface area contributed by atoms with Crippen molar-refractivity contribution in [3.05, 3.63) is 65.2 Å². The highest BCUT2D eigenvalue weighted by atomic mass is 35.5. The predicted octanol–water partition coefficient (Wildman–Crippen LogP) is 3.75. The van der Waals surface area contributed by atoms with Crippen molar-refractivity contribution in [2.24, 2.45) is 0 Å². The lowest BCUT2D eigenvalue weighted by molar-refractivity contribution is 0.617. The predicted molar refractivity (Wildman–Crippen MR) is 80.1 cm³/mol.